The van der Waals surface area contributed by atoms with Gasteiger partial charge < -0.3 is 5.32 Å². The molecular formula is C19H16FN5O. The zero-order chi connectivity index (χ0) is 18.1. The van der Waals surface area contributed by atoms with E-state index in [9.17, 15) is 9.18 Å². The molecule has 0 fully saturated rings. The van der Waals surface area contributed by atoms with Crippen molar-refractivity contribution in [3.8, 4) is 5.69 Å². The first-order chi connectivity index (χ1) is 12.6. The average molecular weight is 349 g/mol. The Kier molecular flexibility index (Phi) is 3.96. The van der Waals surface area contributed by atoms with Crippen molar-refractivity contribution in [1.29, 1.82) is 0 Å². The molecule has 26 heavy (non-hydrogen) atoms. The molecule has 0 atom stereocenters. The molecule has 6 nitrogen and oxygen atoms in total. The third-order valence-electron chi connectivity index (χ3n) is 4.12. The second kappa shape index (κ2) is 6.44. The maximum Gasteiger partial charge on any atom is 0.269 e. The van der Waals surface area contributed by atoms with Gasteiger partial charge in [-0.1, -0.05) is 24.3 Å². The van der Waals surface area contributed by atoms with E-state index in [1.807, 2.05) is 30.3 Å². The van der Waals surface area contributed by atoms with Crippen LogP contribution in [0.2, 0.25) is 0 Å². The number of para-hydroxylation sites is 1. The highest BCUT2D eigenvalue weighted by molar-refractivity contribution is 5.73. The molecule has 0 saturated carbocycles. The van der Waals surface area contributed by atoms with Crippen LogP contribution in [0.3, 0.4) is 0 Å². The lowest BCUT2D eigenvalue weighted by molar-refractivity contribution is 0.628. The van der Waals surface area contributed by atoms with Crippen LogP contribution in [0.25, 0.3) is 16.7 Å². The summed E-state index contributed by atoms with van der Waals surface area (Å²) in [6.45, 7) is 0.259. The van der Waals surface area contributed by atoms with Crippen LogP contribution in [0.1, 0.15) is 5.82 Å². The van der Waals surface area contributed by atoms with Crippen molar-refractivity contribution >= 4 is 16.7 Å². The number of rotatable bonds is 4. The van der Waals surface area contributed by atoms with E-state index in [1.165, 1.54) is 18.3 Å². The Balaban J connectivity index is 1.83. The van der Waals surface area contributed by atoms with Gasteiger partial charge in [0.15, 0.2) is 5.65 Å². The summed E-state index contributed by atoms with van der Waals surface area (Å²) in [6.07, 6.45) is 1.52. The Bertz CT molecular complexity index is 1130. The third-order valence-corrected chi connectivity index (χ3v) is 4.12. The molecular weight excluding hydrogens is 333 g/mol. The van der Waals surface area contributed by atoms with Gasteiger partial charge in [-0.05, 0) is 30.3 Å². The van der Waals surface area contributed by atoms with Crippen LogP contribution in [-0.4, -0.2) is 19.3 Å². The summed E-state index contributed by atoms with van der Waals surface area (Å²) in [5.41, 5.74) is 1.65. The summed E-state index contributed by atoms with van der Waals surface area (Å²) in [7, 11) is 1.74. The molecule has 2 aromatic heterocycles. The summed E-state index contributed by atoms with van der Waals surface area (Å²) in [4.78, 5) is 17.6. The lowest BCUT2D eigenvalue weighted by atomic mass is 10.3. The highest BCUT2D eigenvalue weighted by atomic mass is 19.1. The SMILES string of the molecule is Cn1ncc2c(=O)n(-c3ccccc3)c(CNc3cccc(F)c3)nc21. The highest BCUT2D eigenvalue weighted by Gasteiger charge is 2.15. The van der Waals surface area contributed by atoms with Crippen molar-refractivity contribution in [1.82, 2.24) is 19.3 Å². The van der Waals surface area contributed by atoms with E-state index in [-0.39, 0.29) is 17.9 Å². The van der Waals surface area contributed by atoms with Crippen molar-refractivity contribution in [2.45, 2.75) is 6.54 Å². The molecule has 4 rings (SSSR count). The first kappa shape index (κ1) is 16.0. The van der Waals surface area contributed by atoms with Crippen LogP contribution in [0.5, 0.6) is 0 Å². The van der Waals surface area contributed by atoms with Crippen LogP contribution < -0.4 is 10.9 Å². The number of nitrogens with one attached hydrogen (secondary N) is 1. The minimum absolute atomic E-state index is 0.189. The van der Waals surface area contributed by atoms with Gasteiger partial charge in [-0.15, -0.1) is 0 Å². The lowest BCUT2D eigenvalue weighted by Gasteiger charge is -2.14. The first-order valence-corrected chi connectivity index (χ1v) is 8.12. The smallest absolute Gasteiger partial charge is 0.269 e. The number of anilines is 1. The number of nitrogens with zero attached hydrogens (tertiary/aromatic N) is 4. The molecule has 0 spiro atoms. The Morgan fingerprint density at radius 1 is 1.12 bits per heavy atom. The number of fused-ring (bicyclic) bond motifs is 1. The van der Waals surface area contributed by atoms with Gasteiger partial charge in [0.25, 0.3) is 5.56 Å². The van der Waals surface area contributed by atoms with Crippen LogP contribution in [0.4, 0.5) is 10.1 Å². The number of aromatic nitrogens is 4. The first-order valence-electron chi connectivity index (χ1n) is 8.12. The molecule has 4 aromatic rings. The fraction of sp³-hybridized carbons (Fsp3) is 0.105. The number of halogens is 1. The summed E-state index contributed by atoms with van der Waals surface area (Å²) >= 11 is 0. The summed E-state index contributed by atoms with van der Waals surface area (Å²) in [5, 5.41) is 7.71. The summed E-state index contributed by atoms with van der Waals surface area (Å²) < 4.78 is 16.5. The summed E-state index contributed by atoms with van der Waals surface area (Å²) in [5.74, 6) is 0.187. The molecule has 0 aliphatic rings. The molecule has 0 amide bonds. The van der Waals surface area contributed by atoms with Crippen LogP contribution in [0.15, 0.2) is 65.6 Å². The Hall–Kier alpha value is -3.48. The molecule has 2 aromatic carbocycles. The van der Waals surface area contributed by atoms with Crippen molar-refractivity contribution in [3.63, 3.8) is 0 Å². The van der Waals surface area contributed by atoms with Gasteiger partial charge in [-0.2, -0.15) is 5.10 Å². The summed E-state index contributed by atoms with van der Waals surface area (Å²) in [6, 6.07) is 15.5. The molecule has 7 heteroatoms. The third kappa shape index (κ3) is 2.83. The molecule has 2 heterocycles. The van der Waals surface area contributed by atoms with E-state index in [2.05, 4.69) is 15.4 Å². The predicted octanol–water partition coefficient (Wildman–Crippen LogP) is 2.87. The molecule has 0 unspecified atom stereocenters. The standard InChI is InChI=1S/C19H16FN5O/c1-24-18-16(11-22-24)19(26)25(15-8-3-2-4-9-15)17(23-18)12-21-14-7-5-6-13(20)10-14/h2-11,21H,12H2,1H3. The highest BCUT2D eigenvalue weighted by Crippen LogP contribution is 2.15. The van der Waals surface area contributed by atoms with Crippen LogP contribution in [-0.2, 0) is 13.6 Å². The van der Waals surface area contributed by atoms with Gasteiger partial charge in [-0.25, -0.2) is 9.37 Å². The topological polar surface area (TPSA) is 64.7 Å². The molecule has 1 N–H and O–H groups in total. The van der Waals surface area contributed by atoms with E-state index in [0.29, 0.717) is 28.2 Å². The molecule has 0 aliphatic carbocycles. The molecule has 130 valence electrons. The Morgan fingerprint density at radius 2 is 1.92 bits per heavy atom. The van der Waals surface area contributed by atoms with Gasteiger partial charge >= 0.3 is 0 Å². The fourth-order valence-electron chi connectivity index (χ4n) is 2.87. The lowest BCUT2D eigenvalue weighted by Crippen LogP contribution is -2.25. The number of hydrogen-bond donors (Lipinski definition) is 1. The van der Waals surface area contributed by atoms with Crippen molar-refractivity contribution in [2.24, 2.45) is 7.05 Å². The second-order valence-corrected chi connectivity index (χ2v) is 5.87. The Labute approximate surface area is 148 Å². The van der Waals surface area contributed by atoms with Crippen LogP contribution in [0, 0.1) is 5.82 Å². The molecule has 0 aliphatic heterocycles. The van der Waals surface area contributed by atoms with Gasteiger partial charge in [0.1, 0.15) is 17.0 Å². The second-order valence-electron chi connectivity index (χ2n) is 5.87. The maximum absolute atomic E-state index is 13.4. The van der Waals surface area contributed by atoms with Gasteiger partial charge in [0.2, 0.25) is 0 Å². The number of hydrogen-bond acceptors (Lipinski definition) is 4. The van der Waals surface area contributed by atoms with Gasteiger partial charge in [-0.3, -0.25) is 14.0 Å². The molecule has 0 bridgehead atoms. The zero-order valence-corrected chi connectivity index (χ0v) is 14.1. The minimum Gasteiger partial charge on any atom is -0.378 e. The minimum atomic E-state index is -0.328. The number of aryl methyl sites for hydroxylation is 1. The zero-order valence-electron chi connectivity index (χ0n) is 14.1. The monoisotopic (exact) mass is 349 g/mol. The Morgan fingerprint density at radius 3 is 2.69 bits per heavy atom. The maximum atomic E-state index is 13.4. The van der Waals surface area contributed by atoms with Crippen molar-refractivity contribution in [3.05, 3.63) is 82.8 Å². The van der Waals surface area contributed by atoms with E-state index < -0.39 is 0 Å². The van der Waals surface area contributed by atoms with Crippen molar-refractivity contribution < 1.29 is 4.39 Å². The van der Waals surface area contributed by atoms with Gasteiger partial charge in [0.05, 0.1) is 18.4 Å². The number of benzene rings is 2. The van der Waals surface area contributed by atoms with E-state index >= 15 is 0 Å². The van der Waals surface area contributed by atoms with E-state index in [1.54, 1.807) is 28.4 Å². The van der Waals surface area contributed by atoms with Crippen LogP contribution >= 0.6 is 0 Å². The quantitative estimate of drug-likeness (QED) is 0.615. The fourth-order valence-corrected chi connectivity index (χ4v) is 2.87. The van der Waals surface area contributed by atoms with E-state index in [4.69, 9.17) is 0 Å². The normalized spacial score (nSPS) is 11.0. The predicted molar refractivity (Wildman–Crippen MR) is 97.8 cm³/mol. The average Bonchev–Trinajstić information content (AvgIpc) is 3.02. The van der Waals surface area contributed by atoms with Crippen molar-refractivity contribution in [2.75, 3.05) is 5.32 Å². The largest absolute Gasteiger partial charge is 0.378 e. The van der Waals surface area contributed by atoms with E-state index in [0.717, 1.165) is 0 Å². The molecule has 0 radical (unpaired) electrons. The molecule has 0 saturated heterocycles. The van der Waals surface area contributed by atoms with Gasteiger partial charge in [0, 0.05) is 12.7 Å².